The number of ether oxygens (including phenoxy) is 2. The summed E-state index contributed by atoms with van der Waals surface area (Å²) in [5.41, 5.74) is 2.96. The maximum Gasteiger partial charge on any atom is 0.273 e. The number of aromatic nitrogens is 2. The van der Waals surface area contributed by atoms with Crippen LogP contribution in [0.25, 0.3) is 0 Å². The first-order valence-electron chi connectivity index (χ1n) is 12.7. The number of methoxy groups -OCH3 is 1. The van der Waals surface area contributed by atoms with Gasteiger partial charge < -0.3 is 24.7 Å². The zero-order chi connectivity index (χ0) is 27.2. The molecule has 1 aliphatic heterocycles. The normalized spacial score (nSPS) is 14.5. The minimum atomic E-state index is -0.238. The van der Waals surface area contributed by atoms with Gasteiger partial charge in [-0.3, -0.25) is 14.9 Å². The van der Waals surface area contributed by atoms with Gasteiger partial charge in [-0.25, -0.2) is 4.98 Å². The van der Waals surface area contributed by atoms with Crippen molar-refractivity contribution in [1.29, 1.82) is 0 Å². The van der Waals surface area contributed by atoms with Gasteiger partial charge in [-0.15, -0.1) is 0 Å². The molecule has 2 aromatic heterocycles. The number of anilines is 1. The van der Waals surface area contributed by atoms with Gasteiger partial charge in [0, 0.05) is 36.3 Å². The van der Waals surface area contributed by atoms with Crippen LogP contribution in [0.2, 0.25) is 0 Å². The lowest BCUT2D eigenvalue weighted by molar-refractivity contribution is 0.0300. The third-order valence-corrected chi connectivity index (χ3v) is 8.72. The van der Waals surface area contributed by atoms with Crippen molar-refractivity contribution in [1.82, 2.24) is 20.2 Å². The van der Waals surface area contributed by atoms with Gasteiger partial charge in [0.1, 0.15) is 11.4 Å². The van der Waals surface area contributed by atoms with E-state index in [9.17, 15) is 9.59 Å². The van der Waals surface area contributed by atoms with Crippen LogP contribution < -0.4 is 15.4 Å². The monoisotopic (exact) mass is 557 g/mol. The number of nitrogens with one attached hydrogen (secondary N) is 3. The lowest BCUT2D eigenvalue weighted by Gasteiger charge is -2.27. The van der Waals surface area contributed by atoms with E-state index < -0.39 is 0 Å². The molecule has 0 saturated carbocycles. The Morgan fingerprint density at radius 2 is 2.00 bits per heavy atom. The number of H-pyrrole nitrogens is 1. The van der Waals surface area contributed by atoms with Gasteiger partial charge >= 0.3 is 0 Å². The van der Waals surface area contributed by atoms with Crippen molar-refractivity contribution in [2.24, 2.45) is 5.92 Å². The molecule has 38 heavy (non-hydrogen) atoms. The molecule has 204 valence electrons. The molecule has 1 unspecified atom stereocenters. The molecule has 1 saturated heterocycles. The topological polar surface area (TPSA) is 109 Å². The molecule has 4 rings (SSSR count). The minimum absolute atomic E-state index is 0.0663. The van der Waals surface area contributed by atoms with E-state index in [0.29, 0.717) is 66.9 Å². The number of rotatable bonds is 10. The predicted octanol–water partition coefficient (Wildman–Crippen LogP) is 4.80. The van der Waals surface area contributed by atoms with Gasteiger partial charge in [0.05, 0.1) is 36.3 Å². The van der Waals surface area contributed by atoms with Gasteiger partial charge in [-0.1, -0.05) is 36.9 Å². The van der Waals surface area contributed by atoms with Crippen LogP contribution in [0, 0.1) is 12.8 Å². The second kappa shape index (κ2) is 12.8. The molecule has 0 radical (unpaired) electrons. The first-order chi connectivity index (χ1) is 18.2. The van der Waals surface area contributed by atoms with Gasteiger partial charge in [0.25, 0.3) is 11.8 Å². The molecular weight excluding hydrogens is 522 g/mol. The molecule has 1 aliphatic rings. The number of carbonyl (C=O) groups is 2. The Bertz CT molecular complexity index is 1270. The number of nitrogens with zero attached hydrogens (tertiary/aromatic N) is 2. The second-order valence-electron chi connectivity index (χ2n) is 9.57. The quantitative estimate of drug-likeness (QED) is 0.329. The van der Waals surface area contributed by atoms with Crippen LogP contribution in [0.1, 0.15) is 52.9 Å². The second-order valence-corrected chi connectivity index (χ2v) is 11.9. The zero-order valence-electron chi connectivity index (χ0n) is 22.4. The van der Waals surface area contributed by atoms with Crippen LogP contribution in [0.5, 0.6) is 5.75 Å². The molecule has 0 aliphatic carbocycles. The SMILES string of the molecule is COc1cc(C)c(Sc2cnc(NC(=O)c3ccc(CNC(C)C(C)C)[nH]3)s2)cc1C(=O)N1CCOCC1. The number of amides is 2. The molecule has 1 aromatic carbocycles. The first kappa shape index (κ1) is 28.2. The highest BCUT2D eigenvalue weighted by molar-refractivity contribution is 8.01. The molecule has 11 heteroatoms. The predicted molar refractivity (Wildman–Crippen MR) is 151 cm³/mol. The standard InChI is InChI=1S/C27H35N5O4S2/c1-16(2)18(4)28-14-19-6-7-21(30-19)25(33)31-27-29-15-24(38-27)37-23-13-20(22(35-5)12-17(23)3)26(34)32-8-10-36-11-9-32/h6-7,12-13,15-16,18,28,30H,8-11,14H2,1-5H3,(H,29,31,33). The first-order valence-corrected chi connectivity index (χ1v) is 14.3. The molecule has 0 bridgehead atoms. The van der Waals surface area contributed by atoms with E-state index in [1.165, 1.54) is 23.1 Å². The Balaban J connectivity index is 1.41. The Kier molecular flexibility index (Phi) is 9.48. The van der Waals surface area contributed by atoms with Crippen LogP contribution in [0.3, 0.4) is 0 Å². The third kappa shape index (κ3) is 6.96. The fourth-order valence-corrected chi connectivity index (χ4v) is 5.80. The summed E-state index contributed by atoms with van der Waals surface area (Å²) in [6.45, 7) is 11.3. The Labute approximate surface area is 231 Å². The summed E-state index contributed by atoms with van der Waals surface area (Å²) in [5, 5.41) is 6.84. The number of thiazole rings is 1. The van der Waals surface area contributed by atoms with E-state index in [-0.39, 0.29) is 11.8 Å². The van der Waals surface area contributed by atoms with Crippen molar-refractivity contribution in [3.05, 3.63) is 53.0 Å². The summed E-state index contributed by atoms with van der Waals surface area (Å²) in [6, 6.07) is 7.84. The highest BCUT2D eigenvalue weighted by Crippen LogP contribution is 2.38. The van der Waals surface area contributed by atoms with Gasteiger partial charge in [-0.05, 0) is 49.6 Å². The number of hydrogen-bond donors (Lipinski definition) is 3. The van der Waals surface area contributed by atoms with Crippen LogP contribution in [-0.2, 0) is 11.3 Å². The van der Waals surface area contributed by atoms with E-state index >= 15 is 0 Å². The van der Waals surface area contributed by atoms with E-state index in [0.717, 1.165) is 20.4 Å². The van der Waals surface area contributed by atoms with E-state index in [1.54, 1.807) is 24.3 Å². The third-order valence-electron chi connectivity index (χ3n) is 6.55. The number of hydrogen-bond acceptors (Lipinski definition) is 8. The smallest absolute Gasteiger partial charge is 0.273 e. The Morgan fingerprint density at radius 3 is 2.71 bits per heavy atom. The average molecular weight is 558 g/mol. The number of aromatic amines is 1. The molecular formula is C27H35N5O4S2. The summed E-state index contributed by atoms with van der Waals surface area (Å²) in [5.74, 6) is 0.782. The Hall–Kier alpha value is -2.86. The van der Waals surface area contributed by atoms with Crippen molar-refractivity contribution >= 4 is 40.0 Å². The summed E-state index contributed by atoms with van der Waals surface area (Å²) >= 11 is 2.90. The van der Waals surface area contributed by atoms with Gasteiger partial charge in [0.15, 0.2) is 5.13 Å². The maximum absolute atomic E-state index is 13.2. The van der Waals surface area contributed by atoms with Crippen LogP contribution in [-0.4, -0.2) is 66.1 Å². The minimum Gasteiger partial charge on any atom is -0.496 e. The molecule has 3 N–H and O–H groups in total. The zero-order valence-corrected chi connectivity index (χ0v) is 24.1. The lowest BCUT2D eigenvalue weighted by atomic mass is 10.1. The summed E-state index contributed by atoms with van der Waals surface area (Å²) in [7, 11) is 1.58. The van der Waals surface area contributed by atoms with Gasteiger partial charge in [0.2, 0.25) is 0 Å². The highest BCUT2D eigenvalue weighted by atomic mass is 32.2. The van der Waals surface area contributed by atoms with E-state index in [4.69, 9.17) is 9.47 Å². The number of carbonyl (C=O) groups excluding carboxylic acids is 2. The molecule has 1 fully saturated rings. The van der Waals surface area contributed by atoms with Crippen molar-refractivity contribution < 1.29 is 19.1 Å². The molecule has 9 nitrogen and oxygen atoms in total. The average Bonchev–Trinajstić information content (AvgIpc) is 3.57. The lowest BCUT2D eigenvalue weighted by Crippen LogP contribution is -2.40. The number of morpholine rings is 1. The maximum atomic E-state index is 13.2. The van der Waals surface area contributed by atoms with Gasteiger partial charge in [-0.2, -0.15) is 0 Å². The molecule has 2 amide bonds. The van der Waals surface area contributed by atoms with Crippen molar-refractivity contribution in [3.8, 4) is 5.75 Å². The largest absolute Gasteiger partial charge is 0.496 e. The molecule has 1 atom stereocenters. The highest BCUT2D eigenvalue weighted by Gasteiger charge is 2.23. The van der Waals surface area contributed by atoms with Crippen molar-refractivity contribution in [3.63, 3.8) is 0 Å². The molecule has 3 heterocycles. The fraction of sp³-hybridized carbons (Fsp3) is 0.444. The fourth-order valence-electron chi connectivity index (χ4n) is 3.86. The van der Waals surface area contributed by atoms with Crippen molar-refractivity contribution in [2.45, 2.75) is 49.4 Å². The molecule has 3 aromatic rings. The summed E-state index contributed by atoms with van der Waals surface area (Å²) < 4.78 is 11.8. The summed E-state index contributed by atoms with van der Waals surface area (Å²) in [4.78, 5) is 36.2. The van der Waals surface area contributed by atoms with Crippen LogP contribution >= 0.6 is 23.1 Å². The Morgan fingerprint density at radius 1 is 1.24 bits per heavy atom. The van der Waals surface area contributed by atoms with E-state index in [2.05, 4.69) is 41.4 Å². The summed E-state index contributed by atoms with van der Waals surface area (Å²) in [6.07, 6.45) is 1.73. The van der Waals surface area contributed by atoms with Crippen LogP contribution in [0.4, 0.5) is 5.13 Å². The van der Waals surface area contributed by atoms with E-state index in [1.807, 2.05) is 25.1 Å². The number of benzene rings is 1. The van der Waals surface area contributed by atoms with Crippen LogP contribution in [0.15, 0.2) is 39.6 Å². The molecule has 0 spiro atoms. The van der Waals surface area contributed by atoms with Crippen molar-refractivity contribution in [2.75, 3.05) is 38.7 Å². The number of aryl methyl sites for hydroxylation is 1.